The summed E-state index contributed by atoms with van der Waals surface area (Å²) in [4.78, 5) is 26.7. The number of anilines is 2. The van der Waals surface area contributed by atoms with Gasteiger partial charge in [-0.3, -0.25) is 9.59 Å². The fourth-order valence-corrected chi connectivity index (χ4v) is 5.11. The molecule has 4 nitrogen and oxygen atoms in total. The number of carbonyl (C=O) groups excluding carboxylic acids is 2. The minimum Gasteiger partial charge on any atom is -0.325 e. The van der Waals surface area contributed by atoms with Crippen molar-refractivity contribution in [3.8, 4) is 0 Å². The zero-order valence-electron chi connectivity index (χ0n) is 19.4. The van der Waals surface area contributed by atoms with Gasteiger partial charge in [0.25, 0.3) is 5.91 Å². The molecule has 0 aliphatic heterocycles. The van der Waals surface area contributed by atoms with Gasteiger partial charge in [-0.25, -0.2) is 0 Å². The molecule has 0 radical (unpaired) electrons. The fraction of sp³-hybridized carbons (Fsp3) is 0.0714. The van der Waals surface area contributed by atoms with Crippen LogP contribution in [0.25, 0.3) is 0 Å². The quantitative estimate of drug-likeness (QED) is 0.217. The third-order valence-electron chi connectivity index (χ3n) is 5.32. The van der Waals surface area contributed by atoms with Crippen molar-refractivity contribution in [2.45, 2.75) is 16.3 Å². The van der Waals surface area contributed by atoms with Crippen molar-refractivity contribution >= 4 is 58.2 Å². The minimum atomic E-state index is -4.53. The third-order valence-corrected chi connectivity index (χ3v) is 7.12. The van der Waals surface area contributed by atoms with Gasteiger partial charge in [-0.1, -0.05) is 65.7 Å². The minimum absolute atomic E-state index is 0.0345. The van der Waals surface area contributed by atoms with Gasteiger partial charge in [-0.05, 0) is 60.2 Å². The maximum atomic E-state index is 13.3. The Kier molecular flexibility index (Phi) is 8.66. The summed E-state index contributed by atoms with van der Waals surface area (Å²) in [6.45, 7) is 0. The molecule has 1 unspecified atom stereocenters. The molecule has 4 aromatic carbocycles. The zero-order chi connectivity index (χ0) is 27.3. The van der Waals surface area contributed by atoms with E-state index in [1.165, 1.54) is 36.0 Å². The molecule has 2 N–H and O–H groups in total. The number of nitrogens with one attached hydrogen (secondary N) is 2. The van der Waals surface area contributed by atoms with Crippen LogP contribution in [-0.4, -0.2) is 11.8 Å². The van der Waals surface area contributed by atoms with E-state index in [1.807, 2.05) is 0 Å². The Bertz CT molecular complexity index is 1470. The van der Waals surface area contributed by atoms with Crippen molar-refractivity contribution in [1.29, 1.82) is 0 Å². The fourth-order valence-electron chi connectivity index (χ4n) is 3.54. The SMILES string of the molecule is O=C(Nc1cccc(SC(C(=O)Nc2cccc(C(F)(F)F)c2)c2ccccc2)c1)c1ccc(Cl)cc1Cl. The Labute approximate surface area is 231 Å². The molecule has 0 bridgehead atoms. The summed E-state index contributed by atoms with van der Waals surface area (Å²) in [5.41, 5.74) is 0.549. The average molecular weight is 575 g/mol. The molecule has 0 aliphatic carbocycles. The predicted molar refractivity (Wildman–Crippen MR) is 146 cm³/mol. The van der Waals surface area contributed by atoms with Crippen molar-refractivity contribution < 1.29 is 22.8 Å². The first kappa shape index (κ1) is 27.6. The molecule has 1 atom stereocenters. The van der Waals surface area contributed by atoms with Gasteiger partial charge in [0.05, 0.1) is 16.1 Å². The molecule has 2 amide bonds. The molecule has 0 spiro atoms. The van der Waals surface area contributed by atoms with Crippen molar-refractivity contribution in [2.75, 3.05) is 10.6 Å². The molecule has 0 heterocycles. The van der Waals surface area contributed by atoms with Crippen LogP contribution >= 0.6 is 35.0 Å². The first-order chi connectivity index (χ1) is 18.1. The Morgan fingerprint density at radius 2 is 1.45 bits per heavy atom. The van der Waals surface area contributed by atoms with E-state index in [1.54, 1.807) is 60.7 Å². The van der Waals surface area contributed by atoms with Crippen LogP contribution in [0.15, 0.2) is 102 Å². The van der Waals surface area contributed by atoms with Crippen LogP contribution in [0, 0.1) is 0 Å². The van der Waals surface area contributed by atoms with Gasteiger partial charge in [-0.2, -0.15) is 13.2 Å². The summed E-state index contributed by atoms with van der Waals surface area (Å²) in [6.07, 6.45) is -4.53. The van der Waals surface area contributed by atoms with Gasteiger partial charge in [0.15, 0.2) is 0 Å². The van der Waals surface area contributed by atoms with E-state index >= 15 is 0 Å². The van der Waals surface area contributed by atoms with Crippen molar-refractivity contribution in [3.63, 3.8) is 0 Å². The lowest BCUT2D eigenvalue weighted by molar-refractivity contribution is -0.137. The first-order valence-corrected chi connectivity index (χ1v) is 12.8. The van der Waals surface area contributed by atoms with Crippen molar-refractivity contribution in [3.05, 3.63) is 124 Å². The predicted octanol–water partition coefficient (Wildman–Crippen LogP) is 8.74. The van der Waals surface area contributed by atoms with Gasteiger partial charge in [0.1, 0.15) is 5.25 Å². The summed E-state index contributed by atoms with van der Waals surface area (Å²) < 4.78 is 39.4. The average Bonchev–Trinajstić information content (AvgIpc) is 2.87. The second-order valence-electron chi connectivity index (χ2n) is 8.08. The highest BCUT2D eigenvalue weighted by atomic mass is 35.5. The number of benzene rings is 4. The Morgan fingerprint density at radius 3 is 2.13 bits per heavy atom. The highest BCUT2D eigenvalue weighted by Gasteiger charge is 2.31. The number of amides is 2. The van der Waals surface area contributed by atoms with Gasteiger partial charge in [0.2, 0.25) is 5.91 Å². The molecule has 38 heavy (non-hydrogen) atoms. The molecule has 4 aromatic rings. The molecule has 194 valence electrons. The van der Waals surface area contributed by atoms with Crippen LogP contribution in [0.5, 0.6) is 0 Å². The van der Waals surface area contributed by atoms with Crippen LogP contribution in [-0.2, 0) is 11.0 Å². The van der Waals surface area contributed by atoms with Crippen molar-refractivity contribution in [2.24, 2.45) is 0 Å². The molecular weight excluding hydrogens is 556 g/mol. The molecule has 0 saturated heterocycles. The maximum absolute atomic E-state index is 13.3. The monoisotopic (exact) mass is 574 g/mol. The summed E-state index contributed by atoms with van der Waals surface area (Å²) in [6, 6.07) is 24.7. The van der Waals surface area contributed by atoms with E-state index in [-0.39, 0.29) is 16.3 Å². The van der Waals surface area contributed by atoms with E-state index in [4.69, 9.17) is 23.2 Å². The number of hydrogen-bond acceptors (Lipinski definition) is 3. The summed E-state index contributed by atoms with van der Waals surface area (Å²) in [5, 5.41) is 5.19. The van der Waals surface area contributed by atoms with Crippen LogP contribution < -0.4 is 10.6 Å². The molecule has 10 heteroatoms. The topological polar surface area (TPSA) is 58.2 Å². The normalized spacial score (nSPS) is 12.0. The van der Waals surface area contributed by atoms with Crippen molar-refractivity contribution in [1.82, 2.24) is 0 Å². The summed E-state index contributed by atoms with van der Waals surface area (Å²) >= 11 is 13.2. The van der Waals surface area contributed by atoms with E-state index in [0.717, 1.165) is 12.1 Å². The lowest BCUT2D eigenvalue weighted by Gasteiger charge is -2.18. The van der Waals surface area contributed by atoms with Gasteiger partial charge in [-0.15, -0.1) is 11.8 Å². The number of alkyl halides is 3. The zero-order valence-corrected chi connectivity index (χ0v) is 21.8. The molecule has 0 saturated carbocycles. The van der Waals surface area contributed by atoms with E-state index in [2.05, 4.69) is 10.6 Å². The number of thioether (sulfide) groups is 1. The van der Waals surface area contributed by atoms with Crippen LogP contribution in [0.2, 0.25) is 10.0 Å². The van der Waals surface area contributed by atoms with Crippen LogP contribution in [0.1, 0.15) is 26.7 Å². The smallest absolute Gasteiger partial charge is 0.325 e. The van der Waals surface area contributed by atoms with E-state index < -0.39 is 28.8 Å². The largest absolute Gasteiger partial charge is 0.416 e. The molecule has 0 aliphatic rings. The number of carbonyl (C=O) groups is 2. The molecule has 4 rings (SSSR count). The lowest BCUT2D eigenvalue weighted by atomic mass is 10.1. The van der Waals surface area contributed by atoms with E-state index in [9.17, 15) is 22.8 Å². The number of halogens is 5. The summed E-state index contributed by atoms with van der Waals surface area (Å²) in [7, 11) is 0. The van der Waals surface area contributed by atoms with Crippen LogP contribution in [0.4, 0.5) is 24.5 Å². The molecule has 0 aromatic heterocycles. The highest BCUT2D eigenvalue weighted by molar-refractivity contribution is 8.00. The van der Waals surface area contributed by atoms with Gasteiger partial charge in [0, 0.05) is 21.3 Å². The highest BCUT2D eigenvalue weighted by Crippen LogP contribution is 2.38. The second kappa shape index (κ2) is 11.9. The number of hydrogen-bond donors (Lipinski definition) is 2. The molecular formula is C28H19Cl2F3N2O2S. The van der Waals surface area contributed by atoms with E-state index in [0.29, 0.717) is 21.2 Å². The standard InChI is InChI=1S/C28H19Cl2F3N2O2S/c29-19-12-13-23(24(30)15-19)26(36)34-21-10-5-11-22(16-21)38-25(17-6-2-1-3-7-17)27(37)35-20-9-4-8-18(14-20)28(31,32)33/h1-16,25H,(H,34,36)(H,35,37). The lowest BCUT2D eigenvalue weighted by Crippen LogP contribution is -2.19. The number of rotatable bonds is 7. The van der Waals surface area contributed by atoms with Gasteiger partial charge < -0.3 is 10.6 Å². The van der Waals surface area contributed by atoms with Gasteiger partial charge >= 0.3 is 6.18 Å². The van der Waals surface area contributed by atoms with Crippen LogP contribution in [0.3, 0.4) is 0 Å². The Balaban J connectivity index is 1.55. The Morgan fingerprint density at radius 1 is 0.763 bits per heavy atom. The summed E-state index contributed by atoms with van der Waals surface area (Å²) in [5.74, 6) is -0.932. The first-order valence-electron chi connectivity index (χ1n) is 11.2. The Hall–Kier alpha value is -3.46. The third kappa shape index (κ3) is 7.10. The second-order valence-corrected chi connectivity index (χ2v) is 10.1. The maximum Gasteiger partial charge on any atom is 0.416 e. The molecule has 0 fully saturated rings.